The molecule has 0 aliphatic carbocycles. The molecule has 3 aromatic rings. The molecule has 3 rings (SSSR count). The molecule has 0 saturated carbocycles. The van der Waals surface area contributed by atoms with Crippen molar-refractivity contribution >= 4 is 27.5 Å². The number of nitrogens with one attached hydrogen (secondary N) is 1. The van der Waals surface area contributed by atoms with Crippen LogP contribution in [0, 0.1) is 0 Å². The Morgan fingerprint density at radius 1 is 1.25 bits per heavy atom. The molecule has 0 aliphatic rings. The maximum atomic E-state index is 12.2. The van der Waals surface area contributed by atoms with E-state index in [4.69, 9.17) is 4.74 Å². The van der Waals surface area contributed by atoms with Crippen molar-refractivity contribution in [3.63, 3.8) is 0 Å². The van der Waals surface area contributed by atoms with Crippen LogP contribution in [0.4, 0.5) is 5.69 Å². The fourth-order valence-corrected chi connectivity index (χ4v) is 2.42. The maximum absolute atomic E-state index is 12.2. The summed E-state index contributed by atoms with van der Waals surface area (Å²) in [5, 5.41) is 13.8. The summed E-state index contributed by atoms with van der Waals surface area (Å²) < 4.78 is 8.10. The SMILES string of the molecule is C[C@@H](Oc1ccc(-n2cnnn2)cc1)C(=O)Nc1cccc(Br)c1. The topological polar surface area (TPSA) is 81.9 Å². The van der Waals surface area contributed by atoms with E-state index in [9.17, 15) is 4.79 Å². The summed E-state index contributed by atoms with van der Waals surface area (Å²) in [6.45, 7) is 1.70. The number of carbonyl (C=O) groups excluding carboxylic acids is 1. The van der Waals surface area contributed by atoms with Crippen LogP contribution < -0.4 is 10.1 Å². The van der Waals surface area contributed by atoms with Gasteiger partial charge in [0.15, 0.2) is 6.10 Å². The number of hydrogen-bond acceptors (Lipinski definition) is 5. The molecule has 0 aliphatic heterocycles. The second-order valence-corrected chi connectivity index (χ2v) is 5.92. The highest BCUT2D eigenvalue weighted by molar-refractivity contribution is 9.10. The van der Waals surface area contributed by atoms with E-state index in [1.807, 2.05) is 36.4 Å². The lowest BCUT2D eigenvalue weighted by atomic mass is 10.3. The van der Waals surface area contributed by atoms with Crippen molar-refractivity contribution in [3.8, 4) is 11.4 Å². The summed E-state index contributed by atoms with van der Waals surface area (Å²) >= 11 is 3.37. The molecule has 1 amide bonds. The molecule has 8 heteroatoms. The fourth-order valence-electron chi connectivity index (χ4n) is 2.02. The van der Waals surface area contributed by atoms with Crippen LogP contribution in [0.5, 0.6) is 5.75 Å². The van der Waals surface area contributed by atoms with Crippen LogP contribution in [0.2, 0.25) is 0 Å². The Hall–Kier alpha value is -2.74. The van der Waals surface area contributed by atoms with E-state index in [0.29, 0.717) is 11.4 Å². The molecule has 24 heavy (non-hydrogen) atoms. The standard InChI is InChI=1S/C16H14BrN5O2/c1-11(16(23)19-13-4-2-3-12(17)9-13)24-15-7-5-14(6-8-15)22-10-18-20-21-22/h2-11H,1H3,(H,19,23)/t11-/m1/s1. The third-order valence-electron chi connectivity index (χ3n) is 3.22. The van der Waals surface area contributed by atoms with Gasteiger partial charge in [-0.1, -0.05) is 22.0 Å². The Morgan fingerprint density at radius 2 is 2.04 bits per heavy atom. The molecule has 0 spiro atoms. The molecule has 2 aromatic carbocycles. The van der Waals surface area contributed by atoms with E-state index in [-0.39, 0.29) is 5.91 Å². The first-order chi connectivity index (χ1) is 11.6. The Labute approximate surface area is 146 Å². The van der Waals surface area contributed by atoms with Crippen LogP contribution in [-0.2, 0) is 4.79 Å². The van der Waals surface area contributed by atoms with Crippen molar-refractivity contribution in [1.29, 1.82) is 0 Å². The first-order valence-corrected chi connectivity index (χ1v) is 7.97. The molecule has 0 radical (unpaired) electrons. The molecule has 122 valence electrons. The van der Waals surface area contributed by atoms with Crippen LogP contribution in [0.3, 0.4) is 0 Å². The molecule has 0 fully saturated rings. The number of halogens is 1. The number of benzene rings is 2. The van der Waals surface area contributed by atoms with Gasteiger partial charge >= 0.3 is 0 Å². The lowest BCUT2D eigenvalue weighted by Crippen LogP contribution is -2.30. The van der Waals surface area contributed by atoms with E-state index in [1.165, 1.54) is 11.0 Å². The quantitative estimate of drug-likeness (QED) is 0.727. The van der Waals surface area contributed by atoms with Crippen molar-refractivity contribution in [2.45, 2.75) is 13.0 Å². The second kappa shape index (κ2) is 7.22. The summed E-state index contributed by atoms with van der Waals surface area (Å²) in [5.74, 6) is 0.362. The van der Waals surface area contributed by atoms with Gasteiger partial charge in [-0.25, -0.2) is 4.68 Å². The predicted octanol–water partition coefficient (Wildman–Crippen LogP) is 2.83. The summed E-state index contributed by atoms with van der Waals surface area (Å²) in [5.41, 5.74) is 1.51. The van der Waals surface area contributed by atoms with Gasteiger partial charge < -0.3 is 10.1 Å². The largest absolute Gasteiger partial charge is 0.481 e. The fraction of sp³-hybridized carbons (Fsp3) is 0.125. The zero-order chi connectivity index (χ0) is 16.9. The number of aromatic nitrogens is 4. The molecular formula is C16H14BrN5O2. The number of hydrogen-bond donors (Lipinski definition) is 1. The average Bonchev–Trinajstić information content (AvgIpc) is 3.10. The van der Waals surface area contributed by atoms with Crippen molar-refractivity contribution in [2.75, 3.05) is 5.32 Å². The van der Waals surface area contributed by atoms with Crippen molar-refractivity contribution < 1.29 is 9.53 Å². The minimum Gasteiger partial charge on any atom is -0.481 e. The van der Waals surface area contributed by atoms with Gasteiger partial charge in [0.1, 0.15) is 12.1 Å². The number of carbonyl (C=O) groups is 1. The van der Waals surface area contributed by atoms with E-state index < -0.39 is 6.10 Å². The maximum Gasteiger partial charge on any atom is 0.265 e. The van der Waals surface area contributed by atoms with Gasteiger partial charge in [0.05, 0.1) is 5.69 Å². The molecule has 1 N–H and O–H groups in total. The smallest absolute Gasteiger partial charge is 0.265 e. The number of anilines is 1. The highest BCUT2D eigenvalue weighted by Gasteiger charge is 2.15. The number of amides is 1. The Kier molecular flexibility index (Phi) is 4.85. The minimum absolute atomic E-state index is 0.224. The molecule has 7 nitrogen and oxygen atoms in total. The number of rotatable bonds is 5. The van der Waals surface area contributed by atoms with Crippen molar-refractivity contribution in [3.05, 3.63) is 59.3 Å². The Bertz CT molecular complexity index is 821. The van der Waals surface area contributed by atoms with Gasteiger partial charge in [-0.05, 0) is 59.8 Å². The van der Waals surface area contributed by atoms with Crippen molar-refractivity contribution in [2.24, 2.45) is 0 Å². The first kappa shape index (κ1) is 16.1. The summed E-state index contributed by atoms with van der Waals surface area (Å²) in [6, 6.07) is 14.5. The van der Waals surface area contributed by atoms with Gasteiger partial charge in [-0.3, -0.25) is 4.79 Å². The van der Waals surface area contributed by atoms with Crippen LogP contribution in [-0.4, -0.2) is 32.2 Å². The highest BCUT2D eigenvalue weighted by atomic mass is 79.9. The third kappa shape index (κ3) is 3.96. The van der Waals surface area contributed by atoms with E-state index in [0.717, 1.165) is 10.2 Å². The number of ether oxygens (including phenoxy) is 1. The van der Waals surface area contributed by atoms with E-state index in [1.54, 1.807) is 19.1 Å². The van der Waals surface area contributed by atoms with Gasteiger partial charge in [0.2, 0.25) is 0 Å². The Morgan fingerprint density at radius 3 is 2.71 bits per heavy atom. The van der Waals surface area contributed by atoms with Crippen LogP contribution in [0.15, 0.2) is 59.3 Å². The molecule has 1 aromatic heterocycles. The predicted molar refractivity (Wildman–Crippen MR) is 92.0 cm³/mol. The summed E-state index contributed by atoms with van der Waals surface area (Å²) in [6.07, 6.45) is 0.868. The average molecular weight is 388 g/mol. The van der Waals surface area contributed by atoms with E-state index >= 15 is 0 Å². The minimum atomic E-state index is -0.636. The number of nitrogens with zero attached hydrogens (tertiary/aromatic N) is 4. The molecule has 0 unspecified atom stereocenters. The van der Waals surface area contributed by atoms with E-state index in [2.05, 4.69) is 36.8 Å². The lowest BCUT2D eigenvalue weighted by Gasteiger charge is -2.15. The Balaban J connectivity index is 1.61. The third-order valence-corrected chi connectivity index (χ3v) is 3.72. The summed E-state index contributed by atoms with van der Waals surface area (Å²) in [4.78, 5) is 12.2. The van der Waals surface area contributed by atoms with Gasteiger partial charge in [0.25, 0.3) is 5.91 Å². The molecule has 1 atom stereocenters. The van der Waals surface area contributed by atoms with Gasteiger partial charge in [0, 0.05) is 10.2 Å². The molecule has 0 bridgehead atoms. The monoisotopic (exact) mass is 387 g/mol. The normalized spacial score (nSPS) is 11.8. The van der Waals surface area contributed by atoms with Gasteiger partial charge in [-0.15, -0.1) is 5.10 Å². The van der Waals surface area contributed by atoms with Crippen molar-refractivity contribution in [1.82, 2.24) is 20.2 Å². The van der Waals surface area contributed by atoms with Crippen LogP contribution in [0.1, 0.15) is 6.92 Å². The van der Waals surface area contributed by atoms with Crippen LogP contribution in [0.25, 0.3) is 5.69 Å². The zero-order valence-electron chi connectivity index (χ0n) is 12.8. The van der Waals surface area contributed by atoms with Crippen LogP contribution >= 0.6 is 15.9 Å². The summed E-state index contributed by atoms with van der Waals surface area (Å²) in [7, 11) is 0. The zero-order valence-corrected chi connectivity index (χ0v) is 14.3. The lowest BCUT2D eigenvalue weighted by molar-refractivity contribution is -0.122. The number of tetrazole rings is 1. The van der Waals surface area contributed by atoms with Gasteiger partial charge in [-0.2, -0.15) is 0 Å². The molecule has 1 heterocycles. The second-order valence-electron chi connectivity index (χ2n) is 5.01. The highest BCUT2D eigenvalue weighted by Crippen LogP contribution is 2.18. The molecular weight excluding hydrogens is 374 g/mol. The molecule has 0 saturated heterocycles. The first-order valence-electron chi connectivity index (χ1n) is 7.18.